The number of aliphatic carboxylic acids is 1. The summed E-state index contributed by atoms with van der Waals surface area (Å²) in [5, 5.41) is 22.2. The molecule has 0 bridgehead atoms. The second kappa shape index (κ2) is 8.51. The number of benzene rings is 1. The van der Waals surface area contributed by atoms with Gasteiger partial charge in [0.05, 0.1) is 25.0 Å². The molecule has 122 valence electrons. The number of methoxy groups -OCH3 is 1. The van der Waals surface area contributed by atoms with Gasteiger partial charge in [0, 0.05) is 12.6 Å². The highest BCUT2D eigenvalue weighted by molar-refractivity contribution is 5.77. The first-order valence-electron chi connectivity index (χ1n) is 7.14. The van der Waals surface area contributed by atoms with Crippen molar-refractivity contribution in [2.45, 2.75) is 32.5 Å². The second-order valence-corrected chi connectivity index (χ2v) is 5.31. The number of esters is 1. The van der Waals surface area contributed by atoms with Crippen molar-refractivity contribution in [3.8, 4) is 0 Å². The van der Waals surface area contributed by atoms with Crippen LogP contribution in [0.25, 0.3) is 0 Å². The fourth-order valence-electron chi connectivity index (χ4n) is 2.38. The van der Waals surface area contributed by atoms with Crippen LogP contribution in [0.1, 0.15) is 19.4 Å². The molecule has 0 saturated carbocycles. The molecule has 22 heavy (non-hydrogen) atoms. The van der Waals surface area contributed by atoms with Crippen LogP contribution in [0.5, 0.6) is 0 Å². The zero-order chi connectivity index (χ0) is 16.7. The Kier molecular flexibility index (Phi) is 7.01. The average Bonchev–Trinajstić information content (AvgIpc) is 2.50. The Morgan fingerprint density at radius 2 is 1.82 bits per heavy atom. The molecule has 6 heteroatoms. The molecule has 0 aromatic heterocycles. The highest BCUT2D eigenvalue weighted by Gasteiger charge is 2.39. The summed E-state index contributed by atoms with van der Waals surface area (Å²) in [7, 11) is 1.22. The molecule has 0 fully saturated rings. The van der Waals surface area contributed by atoms with Crippen molar-refractivity contribution in [2.24, 2.45) is 11.8 Å². The normalized spacial score (nSPS) is 16.4. The van der Waals surface area contributed by atoms with Gasteiger partial charge in [-0.15, -0.1) is 0 Å². The van der Waals surface area contributed by atoms with Crippen LogP contribution in [0.2, 0.25) is 0 Å². The predicted molar refractivity (Wildman–Crippen MR) is 81.1 cm³/mol. The molecule has 6 nitrogen and oxygen atoms in total. The average molecular weight is 309 g/mol. The molecular formula is C16H23NO5. The Morgan fingerprint density at radius 3 is 2.27 bits per heavy atom. The third-order valence-electron chi connectivity index (χ3n) is 3.69. The fraction of sp³-hybridized carbons (Fsp3) is 0.500. The zero-order valence-electron chi connectivity index (χ0n) is 13.0. The number of aliphatic hydroxyl groups excluding tert-OH is 1. The first-order valence-corrected chi connectivity index (χ1v) is 7.14. The van der Waals surface area contributed by atoms with Crippen LogP contribution in [-0.2, 0) is 20.9 Å². The minimum atomic E-state index is -1.04. The molecule has 0 spiro atoms. The Balaban J connectivity index is 2.95. The molecule has 0 unspecified atom stereocenters. The highest BCUT2D eigenvalue weighted by Crippen LogP contribution is 2.20. The number of ether oxygens (including phenoxy) is 1. The molecule has 0 amide bonds. The largest absolute Gasteiger partial charge is 0.481 e. The number of hydrogen-bond donors (Lipinski definition) is 3. The maximum atomic E-state index is 11.9. The quantitative estimate of drug-likeness (QED) is 0.621. The van der Waals surface area contributed by atoms with Crippen LogP contribution in [0.3, 0.4) is 0 Å². The van der Waals surface area contributed by atoms with Crippen molar-refractivity contribution < 1.29 is 24.5 Å². The van der Waals surface area contributed by atoms with E-state index in [2.05, 4.69) is 5.32 Å². The number of carboxylic acids is 1. The van der Waals surface area contributed by atoms with E-state index in [9.17, 15) is 19.8 Å². The summed E-state index contributed by atoms with van der Waals surface area (Å²) in [4.78, 5) is 23.2. The molecule has 1 aromatic rings. The lowest BCUT2D eigenvalue weighted by molar-refractivity contribution is -0.153. The van der Waals surface area contributed by atoms with Gasteiger partial charge in [-0.2, -0.15) is 0 Å². The Labute approximate surface area is 130 Å². The van der Waals surface area contributed by atoms with Gasteiger partial charge in [-0.1, -0.05) is 37.3 Å². The lowest BCUT2D eigenvalue weighted by atomic mass is 9.85. The molecule has 0 radical (unpaired) electrons. The minimum absolute atomic E-state index is 0.392. The molecule has 0 aliphatic heterocycles. The summed E-state index contributed by atoms with van der Waals surface area (Å²) in [6, 6.07) is 8.67. The summed E-state index contributed by atoms with van der Waals surface area (Å²) in [6.45, 7) is 3.35. The van der Waals surface area contributed by atoms with Crippen LogP contribution in [0, 0.1) is 11.8 Å². The van der Waals surface area contributed by atoms with Gasteiger partial charge in [-0.25, -0.2) is 0 Å². The molecule has 0 heterocycles. The first kappa shape index (κ1) is 18.1. The third-order valence-corrected chi connectivity index (χ3v) is 3.69. The smallest absolute Gasteiger partial charge is 0.312 e. The monoisotopic (exact) mass is 309 g/mol. The summed E-state index contributed by atoms with van der Waals surface area (Å²) in [5.74, 6) is -3.49. The SMILES string of the molecule is COC(=O)[C@@H]([C@H](NCc1ccccc1)[C@@H](C)C(=O)O)[C@H](C)O. The number of carbonyl (C=O) groups is 2. The molecular weight excluding hydrogens is 286 g/mol. The van der Waals surface area contributed by atoms with E-state index in [1.54, 1.807) is 0 Å². The first-order chi connectivity index (χ1) is 10.4. The number of carbonyl (C=O) groups excluding carboxylic acids is 1. The zero-order valence-corrected chi connectivity index (χ0v) is 13.0. The van der Waals surface area contributed by atoms with Gasteiger partial charge in [0.1, 0.15) is 0 Å². The van der Waals surface area contributed by atoms with Crippen LogP contribution in [0.4, 0.5) is 0 Å². The summed E-state index contributed by atoms with van der Waals surface area (Å²) in [6.07, 6.45) is -1.03. The van der Waals surface area contributed by atoms with E-state index in [1.165, 1.54) is 21.0 Å². The van der Waals surface area contributed by atoms with Gasteiger partial charge in [0.15, 0.2) is 0 Å². The number of carboxylic acid groups (broad SMARTS) is 1. The van der Waals surface area contributed by atoms with E-state index >= 15 is 0 Å². The van der Waals surface area contributed by atoms with E-state index in [0.29, 0.717) is 6.54 Å². The summed E-state index contributed by atoms with van der Waals surface area (Å²) < 4.78 is 4.70. The topological polar surface area (TPSA) is 95.9 Å². The maximum Gasteiger partial charge on any atom is 0.312 e. The van der Waals surface area contributed by atoms with Gasteiger partial charge in [0.2, 0.25) is 0 Å². The standard InChI is InChI=1S/C16H23NO5/c1-10(15(19)20)14(13(11(2)18)16(21)22-3)17-9-12-7-5-4-6-8-12/h4-8,10-11,13-14,17-18H,9H2,1-3H3,(H,19,20)/t10-,11+,13-,14-/m1/s1. The van der Waals surface area contributed by atoms with E-state index in [-0.39, 0.29) is 0 Å². The summed E-state index contributed by atoms with van der Waals surface area (Å²) >= 11 is 0. The molecule has 1 rings (SSSR count). The summed E-state index contributed by atoms with van der Waals surface area (Å²) in [5.41, 5.74) is 0.958. The molecule has 3 N–H and O–H groups in total. The second-order valence-electron chi connectivity index (χ2n) is 5.31. The van der Waals surface area contributed by atoms with Crippen LogP contribution in [-0.4, -0.2) is 41.4 Å². The van der Waals surface area contributed by atoms with Crippen LogP contribution in [0.15, 0.2) is 30.3 Å². The van der Waals surface area contributed by atoms with E-state index in [0.717, 1.165) is 5.56 Å². The number of aliphatic hydroxyl groups is 1. The number of rotatable bonds is 8. The molecule has 0 aliphatic rings. The molecule has 0 saturated heterocycles. The lowest BCUT2D eigenvalue weighted by Crippen LogP contribution is -2.51. The van der Waals surface area contributed by atoms with Crippen molar-refractivity contribution in [1.29, 1.82) is 0 Å². The lowest BCUT2D eigenvalue weighted by Gasteiger charge is -2.31. The van der Waals surface area contributed by atoms with Gasteiger partial charge in [-0.05, 0) is 12.5 Å². The van der Waals surface area contributed by atoms with E-state index in [4.69, 9.17) is 4.74 Å². The third kappa shape index (κ3) is 4.82. The molecule has 0 aliphatic carbocycles. The fourth-order valence-corrected chi connectivity index (χ4v) is 2.38. The number of hydrogen-bond acceptors (Lipinski definition) is 5. The van der Waals surface area contributed by atoms with Crippen LogP contribution < -0.4 is 5.32 Å². The van der Waals surface area contributed by atoms with Gasteiger partial charge >= 0.3 is 11.9 Å². The minimum Gasteiger partial charge on any atom is -0.481 e. The highest BCUT2D eigenvalue weighted by atomic mass is 16.5. The Bertz CT molecular complexity index is 489. The molecule has 1 aromatic carbocycles. The van der Waals surface area contributed by atoms with Crippen molar-refractivity contribution in [3.05, 3.63) is 35.9 Å². The Hall–Kier alpha value is -1.92. The number of nitrogens with one attached hydrogen (secondary N) is 1. The Morgan fingerprint density at radius 1 is 1.23 bits per heavy atom. The van der Waals surface area contributed by atoms with Crippen molar-refractivity contribution in [2.75, 3.05) is 7.11 Å². The van der Waals surface area contributed by atoms with Gasteiger partial charge < -0.3 is 20.3 Å². The maximum absolute atomic E-state index is 11.9. The van der Waals surface area contributed by atoms with E-state index in [1.807, 2.05) is 30.3 Å². The predicted octanol–water partition coefficient (Wildman–Crippen LogP) is 1.04. The van der Waals surface area contributed by atoms with Crippen molar-refractivity contribution >= 4 is 11.9 Å². The van der Waals surface area contributed by atoms with Crippen molar-refractivity contribution in [1.82, 2.24) is 5.32 Å². The van der Waals surface area contributed by atoms with Gasteiger partial charge in [-0.3, -0.25) is 9.59 Å². The van der Waals surface area contributed by atoms with E-state index < -0.39 is 35.9 Å². The van der Waals surface area contributed by atoms with Crippen molar-refractivity contribution in [3.63, 3.8) is 0 Å². The van der Waals surface area contributed by atoms with Crippen LogP contribution >= 0.6 is 0 Å². The molecule has 4 atom stereocenters. The van der Waals surface area contributed by atoms with Gasteiger partial charge in [0.25, 0.3) is 0 Å².